The number of anilines is 1. The van der Waals surface area contributed by atoms with E-state index in [1.807, 2.05) is 54.8 Å². The molecule has 1 amide bonds. The van der Waals surface area contributed by atoms with Gasteiger partial charge >= 0.3 is 0 Å². The highest BCUT2D eigenvalue weighted by Gasteiger charge is 2.15. The molecule has 2 heterocycles. The molecule has 2 aromatic heterocycles. The van der Waals surface area contributed by atoms with Crippen LogP contribution in [0.1, 0.15) is 16.1 Å². The predicted octanol–water partition coefficient (Wildman–Crippen LogP) is 4.47. The van der Waals surface area contributed by atoms with Crippen LogP contribution in [-0.4, -0.2) is 35.6 Å². The van der Waals surface area contributed by atoms with Crippen LogP contribution in [0.25, 0.3) is 22.2 Å². The average molecular weight is 448 g/mol. The third kappa shape index (κ3) is 4.40. The lowest BCUT2D eigenvalue weighted by molar-refractivity contribution is 0.102. The highest BCUT2D eigenvalue weighted by Crippen LogP contribution is 2.35. The number of H-pyrrole nitrogens is 1. The highest BCUT2D eigenvalue weighted by molar-refractivity contribution is 7.14. The number of thiazole rings is 1. The Bertz CT molecular complexity index is 1110. The molecule has 0 spiro atoms. The van der Waals surface area contributed by atoms with Gasteiger partial charge in [0.1, 0.15) is 17.2 Å². The van der Waals surface area contributed by atoms with Crippen LogP contribution in [0.4, 0.5) is 5.13 Å². The minimum Gasteiger partial charge on any atom is -0.496 e. The maximum absolute atomic E-state index is 12.6. The molecule has 158 valence electrons. The lowest BCUT2D eigenvalue weighted by Crippen LogP contribution is -2.11. The summed E-state index contributed by atoms with van der Waals surface area (Å²) in [5.41, 5.74) is 3.95. The van der Waals surface area contributed by atoms with Crippen LogP contribution in [0, 0.1) is 6.92 Å². The number of aromatic nitrogens is 2. The van der Waals surface area contributed by atoms with Gasteiger partial charge in [-0.3, -0.25) is 10.1 Å². The minimum absolute atomic E-state index is 0. The number of carbonyl (C=O) groups is 1. The summed E-state index contributed by atoms with van der Waals surface area (Å²) in [5, 5.41) is 6.26. The largest absolute Gasteiger partial charge is 0.496 e. The average Bonchev–Trinajstić information content (AvgIpc) is 3.35. The molecule has 0 radical (unpaired) electrons. The van der Waals surface area contributed by atoms with Crippen molar-refractivity contribution in [3.63, 3.8) is 0 Å². The van der Waals surface area contributed by atoms with E-state index in [0.29, 0.717) is 10.8 Å². The van der Waals surface area contributed by atoms with Crippen molar-refractivity contribution in [2.24, 2.45) is 0 Å². The zero-order valence-electron chi connectivity index (χ0n) is 16.6. The molecule has 0 unspecified atom stereocenters. The summed E-state index contributed by atoms with van der Waals surface area (Å²) in [6.45, 7) is 1.94. The number of nitrogens with zero attached hydrogens (tertiary/aromatic N) is 1. The summed E-state index contributed by atoms with van der Waals surface area (Å²) in [4.78, 5) is 20.2. The van der Waals surface area contributed by atoms with E-state index in [1.165, 1.54) is 11.3 Å². The molecule has 30 heavy (non-hydrogen) atoms. The number of benzene rings is 2. The lowest BCUT2D eigenvalue weighted by Gasteiger charge is -2.11. The predicted molar refractivity (Wildman–Crippen MR) is 123 cm³/mol. The Kier molecular flexibility index (Phi) is 7.44. The van der Waals surface area contributed by atoms with Crippen LogP contribution in [0.15, 0.2) is 47.8 Å². The molecule has 0 aliphatic heterocycles. The maximum atomic E-state index is 12.6. The van der Waals surface area contributed by atoms with E-state index in [0.717, 1.165) is 39.2 Å². The second-order valence-corrected chi connectivity index (χ2v) is 7.13. The van der Waals surface area contributed by atoms with Gasteiger partial charge in [-0.05, 0) is 31.2 Å². The van der Waals surface area contributed by atoms with E-state index in [1.54, 1.807) is 14.2 Å². The van der Waals surface area contributed by atoms with Crippen LogP contribution >= 0.6 is 23.7 Å². The quantitative estimate of drug-likeness (QED) is 0.470. The molecule has 4 aromatic rings. The summed E-state index contributed by atoms with van der Waals surface area (Å²) < 4.78 is 10.9. The standard InChI is InChI=1S/C21H19N3O3S.ClH.H2O/c1-12-18(26-2)9-14(10-19(12)27-3)17-11-28-21(23-17)24-20(25)16-8-13-6-4-5-7-15(13)22-16;;/h4-11,22H,1-3H3,(H,23,24,25);1H;1H2. The Balaban J connectivity index is 0.00000160. The third-order valence-electron chi connectivity index (χ3n) is 4.55. The number of hydrogen-bond acceptors (Lipinski definition) is 5. The second-order valence-electron chi connectivity index (χ2n) is 6.27. The maximum Gasteiger partial charge on any atom is 0.273 e. The van der Waals surface area contributed by atoms with Gasteiger partial charge in [0.2, 0.25) is 0 Å². The fourth-order valence-corrected chi connectivity index (χ4v) is 3.77. The second kappa shape index (κ2) is 9.62. The van der Waals surface area contributed by atoms with Gasteiger partial charge in [-0.1, -0.05) is 18.2 Å². The van der Waals surface area contributed by atoms with E-state index in [2.05, 4.69) is 15.3 Å². The van der Waals surface area contributed by atoms with Crippen molar-refractivity contribution in [2.45, 2.75) is 6.92 Å². The normalized spacial score (nSPS) is 10.1. The van der Waals surface area contributed by atoms with Crippen LogP contribution in [0.5, 0.6) is 11.5 Å². The van der Waals surface area contributed by atoms with Crippen molar-refractivity contribution in [3.05, 3.63) is 59.1 Å². The fraction of sp³-hybridized carbons (Fsp3) is 0.143. The number of aromatic amines is 1. The van der Waals surface area contributed by atoms with Crippen molar-refractivity contribution in [2.75, 3.05) is 19.5 Å². The van der Waals surface area contributed by atoms with E-state index in [-0.39, 0.29) is 23.8 Å². The molecule has 0 fully saturated rings. The van der Waals surface area contributed by atoms with E-state index >= 15 is 0 Å². The van der Waals surface area contributed by atoms with Gasteiger partial charge in [0, 0.05) is 27.4 Å². The first kappa shape index (κ1) is 23.2. The fourth-order valence-electron chi connectivity index (χ4n) is 3.06. The monoisotopic (exact) mass is 447 g/mol. The number of ether oxygens (including phenoxy) is 2. The molecular weight excluding hydrogens is 426 g/mol. The Morgan fingerprint density at radius 2 is 1.77 bits per heavy atom. The van der Waals surface area contributed by atoms with Crippen LogP contribution in [0.3, 0.4) is 0 Å². The van der Waals surface area contributed by atoms with E-state index in [4.69, 9.17) is 9.47 Å². The van der Waals surface area contributed by atoms with E-state index in [9.17, 15) is 4.79 Å². The first-order valence-corrected chi connectivity index (χ1v) is 9.54. The highest BCUT2D eigenvalue weighted by atomic mass is 35.5. The molecule has 4 N–H and O–H groups in total. The molecule has 2 aromatic carbocycles. The zero-order chi connectivity index (χ0) is 19.7. The van der Waals surface area contributed by atoms with Crippen molar-refractivity contribution in [1.29, 1.82) is 0 Å². The van der Waals surface area contributed by atoms with Crippen LogP contribution in [-0.2, 0) is 0 Å². The van der Waals surface area contributed by atoms with Gasteiger partial charge in [-0.2, -0.15) is 0 Å². The van der Waals surface area contributed by atoms with E-state index < -0.39 is 0 Å². The van der Waals surface area contributed by atoms with Gasteiger partial charge in [-0.25, -0.2) is 4.98 Å². The number of halogens is 1. The Labute approximate surface area is 183 Å². The summed E-state index contributed by atoms with van der Waals surface area (Å²) >= 11 is 1.37. The summed E-state index contributed by atoms with van der Waals surface area (Å²) in [6, 6.07) is 13.4. The summed E-state index contributed by atoms with van der Waals surface area (Å²) in [5.74, 6) is 1.23. The van der Waals surface area contributed by atoms with Gasteiger partial charge in [0.15, 0.2) is 5.13 Å². The number of amides is 1. The van der Waals surface area contributed by atoms with Gasteiger partial charge in [-0.15, -0.1) is 23.7 Å². The SMILES string of the molecule is COc1cc(-c2csc(NC(=O)c3cc4ccccc4[nH]3)n2)cc(OC)c1C.Cl.O. The Morgan fingerprint density at radius 1 is 1.10 bits per heavy atom. The molecule has 0 bridgehead atoms. The third-order valence-corrected chi connectivity index (χ3v) is 5.30. The van der Waals surface area contributed by atoms with Crippen LogP contribution in [0.2, 0.25) is 0 Å². The first-order valence-electron chi connectivity index (χ1n) is 8.66. The summed E-state index contributed by atoms with van der Waals surface area (Å²) in [7, 11) is 3.25. The number of hydrogen-bond donors (Lipinski definition) is 2. The Hall–Kier alpha value is -3.07. The van der Waals surface area contributed by atoms with Gasteiger partial charge < -0.3 is 19.9 Å². The Morgan fingerprint density at radius 3 is 2.40 bits per heavy atom. The molecule has 0 saturated heterocycles. The molecule has 0 aliphatic rings. The molecule has 0 saturated carbocycles. The summed E-state index contributed by atoms with van der Waals surface area (Å²) in [6.07, 6.45) is 0. The number of methoxy groups -OCH3 is 2. The number of carbonyl (C=O) groups excluding carboxylic acids is 1. The topological polar surface area (TPSA) is 108 Å². The van der Waals surface area contributed by atoms with Crippen LogP contribution < -0.4 is 14.8 Å². The number of nitrogens with one attached hydrogen (secondary N) is 2. The van der Waals surface area contributed by atoms with Gasteiger partial charge in [0.05, 0.1) is 19.9 Å². The molecular formula is C21H22ClN3O4S. The lowest BCUT2D eigenvalue weighted by atomic mass is 10.1. The number of fused-ring (bicyclic) bond motifs is 1. The zero-order valence-corrected chi connectivity index (χ0v) is 18.2. The number of rotatable bonds is 5. The van der Waals surface area contributed by atoms with Crippen molar-refractivity contribution in [3.8, 4) is 22.8 Å². The molecule has 4 rings (SSSR count). The first-order chi connectivity index (χ1) is 13.6. The van der Waals surface area contributed by atoms with Gasteiger partial charge in [0.25, 0.3) is 5.91 Å². The molecule has 9 heteroatoms. The molecule has 0 atom stereocenters. The smallest absolute Gasteiger partial charge is 0.273 e. The van der Waals surface area contributed by atoms with Crippen molar-refractivity contribution in [1.82, 2.24) is 9.97 Å². The molecule has 7 nitrogen and oxygen atoms in total. The van der Waals surface area contributed by atoms with Crippen molar-refractivity contribution >= 4 is 45.7 Å². The number of para-hydroxylation sites is 1. The molecule has 0 aliphatic carbocycles. The van der Waals surface area contributed by atoms with Crippen molar-refractivity contribution < 1.29 is 19.7 Å². The minimum atomic E-state index is -0.226.